The quantitative estimate of drug-likeness (QED) is 0.754. The summed E-state index contributed by atoms with van der Waals surface area (Å²) in [6.07, 6.45) is 0.837. The Morgan fingerprint density at radius 1 is 1.16 bits per heavy atom. The molecule has 0 bridgehead atoms. The summed E-state index contributed by atoms with van der Waals surface area (Å²) in [7, 11) is 1.55. The Labute approximate surface area is 113 Å². The predicted octanol–water partition coefficient (Wildman–Crippen LogP) is 1.57. The molecule has 0 unspecified atom stereocenters. The Hall–Kier alpha value is -2.04. The molecule has 3 N–H and O–H groups in total. The van der Waals surface area contributed by atoms with Crippen molar-refractivity contribution in [2.75, 3.05) is 7.05 Å². The molecule has 1 aromatic rings. The number of carbonyl (C=O) groups is 2. The van der Waals surface area contributed by atoms with Crippen LogP contribution in [0.4, 0.5) is 4.79 Å². The number of benzene rings is 1. The number of hydrogen-bond donors (Lipinski definition) is 3. The lowest BCUT2D eigenvalue weighted by atomic mass is 10.1. The molecule has 19 heavy (non-hydrogen) atoms. The van der Waals surface area contributed by atoms with E-state index in [9.17, 15) is 9.59 Å². The van der Waals surface area contributed by atoms with Crippen LogP contribution in [0.2, 0.25) is 0 Å². The first-order valence-electron chi connectivity index (χ1n) is 6.42. The summed E-state index contributed by atoms with van der Waals surface area (Å²) < 4.78 is 0. The van der Waals surface area contributed by atoms with E-state index in [2.05, 4.69) is 16.0 Å². The van der Waals surface area contributed by atoms with Crippen LogP contribution in [-0.2, 0) is 4.79 Å². The van der Waals surface area contributed by atoms with Crippen LogP contribution >= 0.6 is 0 Å². The van der Waals surface area contributed by atoms with Crippen molar-refractivity contribution in [1.82, 2.24) is 16.0 Å². The maximum atomic E-state index is 11.8. The maximum absolute atomic E-state index is 11.8. The maximum Gasteiger partial charge on any atom is 0.315 e. The molecule has 0 saturated heterocycles. The highest BCUT2D eigenvalue weighted by Crippen LogP contribution is 2.12. The van der Waals surface area contributed by atoms with Gasteiger partial charge in [-0.05, 0) is 18.9 Å². The highest BCUT2D eigenvalue weighted by molar-refractivity contribution is 5.88. The SMILES string of the molecule is CC[C@@H](C)NC(=O)N[C@H](C(=O)NC)c1ccccc1. The molecule has 5 nitrogen and oxygen atoms in total. The van der Waals surface area contributed by atoms with Gasteiger partial charge in [-0.3, -0.25) is 4.79 Å². The van der Waals surface area contributed by atoms with E-state index in [0.29, 0.717) is 0 Å². The van der Waals surface area contributed by atoms with Gasteiger partial charge in [0, 0.05) is 13.1 Å². The van der Waals surface area contributed by atoms with Gasteiger partial charge in [-0.2, -0.15) is 0 Å². The van der Waals surface area contributed by atoms with Crippen molar-refractivity contribution in [3.8, 4) is 0 Å². The molecule has 0 aromatic heterocycles. The molecular weight excluding hydrogens is 242 g/mol. The number of rotatable bonds is 5. The summed E-state index contributed by atoms with van der Waals surface area (Å²) in [4.78, 5) is 23.7. The normalized spacial score (nSPS) is 13.2. The van der Waals surface area contributed by atoms with E-state index in [1.54, 1.807) is 7.05 Å². The van der Waals surface area contributed by atoms with Gasteiger partial charge in [-0.25, -0.2) is 4.79 Å². The van der Waals surface area contributed by atoms with Crippen LogP contribution in [0, 0.1) is 0 Å². The Kier molecular flexibility index (Phi) is 5.85. The fourth-order valence-corrected chi connectivity index (χ4v) is 1.59. The van der Waals surface area contributed by atoms with Crippen LogP contribution in [0.5, 0.6) is 0 Å². The molecule has 1 rings (SSSR count). The van der Waals surface area contributed by atoms with Crippen molar-refractivity contribution < 1.29 is 9.59 Å². The van der Waals surface area contributed by atoms with Crippen molar-refractivity contribution in [2.45, 2.75) is 32.4 Å². The molecule has 5 heteroatoms. The lowest BCUT2D eigenvalue weighted by Crippen LogP contribution is -2.46. The second-order valence-corrected chi connectivity index (χ2v) is 4.39. The zero-order valence-corrected chi connectivity index (χ0v) is 11.6. The van der Waals surface area contributed by atoms with Crippen molar-refractivity contribution in [1.29, 1.82) is 0 Å². The van der Waals surface area contributed by atoms with Crippen LogP contribution in [0.15, 0.2) is 30.3 Å². The van der Waals surface area contributed by atoms with E-state index >= 15 is 0 Å². The third kappa shape index (κ3) is 4.62. The first-order chi connectivity index (χ1) is 9.08. The highest BCUT2D eigenvalue weighted by Gasteiger charge is 2.21. The zero-order valence-electron chi connectivity index (χ0n) is 11.6. The standard InChI is InChI=1S/C14H21N3O2/c1-4-10(2)16-14(19)17-12(13(18)15-3)11-8-6-5-7-9-11/h5-10,12H,4H2,1-3H3,(H,15,18)(H2,16,17,19)/t10-,12+/m1/s1. The number of amides is 3. The van der Waals surface area contributed by atoms with Crippen molar-refractivity contribution in [3.63, 3.8) is 0 Å². The van der Waals surface area contributed by atoms with E-state index in [1.165, 1.54) is 0 Å². The van der Waals surface area contributed by atoms with Crippen LogP contribution in [0.1, 0.15) is 31.9 Å². The Bertz CT molecular complexity index is 420. The molecule has 0 aliphatic carbocycles. The van der Waals surface area contributed by atoms with E-state index < -0.39 is 6.04 Å². The first-order valence-corrected chi connectivity index (χ1v) is 6.42. The molecule has 0 saturated carbocycles. The van der Waals surface area contributed by atoms with Crippen LogP contribution in [0.25, 0.3) is 0 Å². The molecule has 0 spiro atoms. The average molecular weight is 263 g/mol. The molecular formula is C14H21N3O2. The molecule has 2 atom stereocenters. The number of likely N-dealkylation sites (N-methyl/N-ethyl adjacent to an activating group) is 1. The highest BCUT2D eigenvalue weighted by atomic mass is 16.2. The summed E-state index contributed by atoms with van der Waals surface area (Å²) in [6.45, 7) is 3.90. The molecule has 0 radical (unpaired) electrons. The number of carbonyl (C=O) groups excluding carboxylic acids is 2. The fraction of sp³-hybridized carbons (Fsp3) is 0.429. The van der Waals surface area contributed by atoms with Gasteiger partial charge in [-0.15, -0.1) is 0 Å². The topological polar surface area (TPSA) is 70.2 Å². The van der Waals surface area contributed by atoms with E-state index in [-0.39, 0.29) is 18.0 Å². The summed E-state index contributed by atoms with van der Waals surface area (Å²) in [5.74, 6) is -0.245. The lowest BCUT2D eigenvalue weighted by Gasteiger charge is -2.19. The van der Waals surface area contributed by atoms with Gasteiger partial charge in [0.15, 0.2) is 0 Å². The molecule has 0 aliphatic heterocycles. The van der Waals surface area contributed by atoms with E-state index in [0.717, 1.165) is 12.0 Å². The number of nitrogens with one attached hydrogen (secondary N) is 3. The fourth-order valence-electron chi connectivity index (χ4n) is 1.59. The monoisotopic (exact) mass is 263 g/mol. The first kappa shape index (κ1) is 15.0. The molecule has 0 heterocycles. The summed E-state index contributed by atoms with van der Waals surface area (Å²) in [6, 6.07) is 8.19. The van der Waals surface area contributed by atoms with Gasteiger partial charge in [0.1, 0.15) is 6.04 Å². The van der Waals surface area contributed by atoms with Gasteiger partial charge >= 0.3 is 6.03 Å². The molecule has 104 valence electrons. The largest absolute Gasteiger partial charge is 0.357 e. The van der Waals surface area contributed by atoms with Gasteiger partial charge in [0.25, 0.3) is 0 Å². The van der Waals surface area contributed by atoms with Crippen molar-refractivity contribution >= 4 is 11.9 Å². The second-order valence-electron chi connectivity index (χ2n) is 4.39. The average Bonchev–Trinajstić information content (AvgIpc) is 2.44. The van der Waals surface area contributed by atoms with Gasteiger partial charge in [-0.1, -0.05) is 37.3 Å². The Morgan fingerprint density at radius 3 is 2.32 bits per heavy atom. The third-order valence-electron chi connectivity index (χ3n) is 2.91. The van der Waals surface area contributed by atoms with Gasteiger partial charge in [0.05, 0.1) is 0 Å². The molecule has 0 fully saturated rings. The van der Waals surface area contributed by atoms with Crippen molar-refractivity contribution in [3.05, 3.63) is 35.9 Å². The Balaban J connectivity index is 2.77. The minimum absolute atomic E-state index is 0.0705. The molecule has 3 amide bonds. The third-order valence-corrected chi connectivity index (χ3v) is 2.91. The second kappa shape index (κ2) is 7.41. The molecule has 0 aliphatic rings. The van der Waals surface area contributed by atoms with E-state index in [1.807, 2.05) is 44.2 Å². The zero-order chi connectivity index (χ0) is 14.3. The van der Waals surface area contributed by atoms with Crippen LogP contribution in [-0.4, -0.2) is 25.0 Å². The minimum atomic E-state index is -0.685. The smallest absolute Gasteiger partial charge is 0.315 e. The van der Waals surface area contributed by atoms with Gasteiger partial charge in [0.2, 0.25) is 5.91 Å². The predicted molar refractivity (Wildman–Crippen MR) is 74.7 cm³/mol. The van der Waals surface area contributed by atoms with Crippen LogP contribution < -0.4 is 16.0 Å². The van der Waals surface area contributed by atoms with Crippen molar-refractivity contribution in [2.24, 2.45) is 0 Å². The Morgan fingerprint density at radius 2 is 1.79 bits per heavy atom. The molecule has 1 aromatic carbocycles. The number of urea groups is 1. The summed E-state index contributed by atoms with van der Waals surface area (Å²) in [5.41, 5.74) is 0.751. The van der Waals surface area contributed by atoms with Crippen LogP contribution in [0.3, 0.4) is 0 Å². The summed E-state index contributed by atoms with van der Waals surface area (Å²) in [5, 5.41) is 8.02. The summed E-state index contributed by atoms with van der Waals surface area (Å²) >= 11 is 0. The number of hydrogen-bond acceptors (Lipinski definition) is 2. The van der Waals surface area contributed by atoms with E-state index in [4.69, 9.17) is 0 Å². The minimum Gasteiger partial charge on any atom is -0.357 e. The lowest BCUT2D eigenvalue weighted by molar-refractivity contribution is -0.122. The van der Waals surface area contributed by atoms with Gasteiger partial charge < -0.3 is 16.0 Å².